The second kappa shape index (κ2) is 7.34. The summed E-state index contributed by atoms with van der Waals surface area (Å²) in [7, 11) is 0. The van der Waals surface area contributed by atoms with Gasteiger partial charge < -0.3 is 15.4 Å². The Bertz CT molecular complexity index is 200. The van der Waals surface area contributed by atoms with Crippen LogP contribution in [0.1, 0.15) is 46.5 Å². The normalized spacial score (nSPS) is 25.1. The van der Waals surface area contributed by atoms with Crippen LogP contribution in [0, 0.1) is 5.41 Å². The van der Waals surface area contributed by atoms with Crippen molar-refractivity contribution in [3.8, 4) is 0 Å². The molecule has 1 aliphatic heterocycles. The molecule has 1 rings (SSSR count). The molecule has 1 unspecified atom stereocenters. The summed E-state index contributed by atoms with van der Waals surface area (Å²) in [6.07, 6.45) is 5.04. The van der Waals surface area contributed by atoms with Crippen LogP contribution in [0.5, 0.6) is 0 Å². The van der Waals surface area contributed by atoms with E-state index >= 15 is 0 Å². The third-order valence-corrected chi connectivity index (χ3v) is 3.94. The highest BCUT2D eigenvalue weighted by Gasteiger charge is 2.35. The molecule has 0 aromatic rings. The summed E-state index contributed by atoms with van der Waals surface area (Å²) >= 11 is 0. The van der Waals surface area contributed by atoms with Gasteiger partial charge in [-0.05, 0) is 33.2 Å². The number of rotatable bonds is 8. The number of nitrogens with zero attached hydrogens (tertiary/aromatic N) is 1. The van der Waals surface area contributed by atoms with E-state index in [1.165, 1.54) is 25.8 Å². The first-order valence-electron chi connectivity index (χ1n) is 7.15. The van der Waals surface area contributed by atoms with Crippen molar-refractivity contribution in [2.75, 3.05) is 32.8 Å². The molecule has 2 N–H and O–H groups in total. The Morgan fingerprint density at radius 2 is 2.12 bits per heavy atom. The highest BCUT2D eigenvalue weighted by molar-refractivity contribution is 4.88. The van der Waals surface area contributed by atoms with Crippen LogP contribution in [-0.4, -0.2) is 43.8 Å². The molecule has 102 valence electrons. The number of hydrogen-bond donors (Lipinski definition) is 1. The SMILES string of the molecule is CCCCCN(CC1(CN)CCOC1)C(C)C. The molecule has 1 heterocycles. The topological polar surface area (TPSA) is 38.5 Å². The maximum absolute atomic E-state index is 5.97. The number of ether oxygens (including phenoxy) is 1. The summed E-state index contributed by atoms with van der Waals surface area (Å²) in [5.41, 5.74) is 6.18. The molecule has 1 atom stereocenters. The first kappa shape index (κ1) is 14.9. The second-order valence-corrected chi connectivity index (χ2v) is 5.78. The molecule has 0 aromatic carbocycles. The fraction of sp³-hybridized carbons (Fsp3) is 1.00. The van der Waals surface area contributed by atoms with Crippen LogP contribution in [0.15, 0.2) is 0 Å². The summed E-state index contributed by atoms with van der Waals surface area (Å²) in [5.74, 6) is 0. The molecule has 0 amide bonds. The molecular formula is C14H30N2O. The molecular weight excluding hydrogens is 212 g/mol. The van der Waals surface area contributed by atoms with Crippen molar-refractivity contribution < 1.29 is 4.74 Å². The lowest BCUT2D eigenvalue weighted by Crippen LogP contribution is -2.46. The van der Waals surface area contributed by atoms with Crippen LogP contribution in [0.2, 0.25) is 0 Å². The van der Waals surface area contributed by atoms with Crippen LogP contribution >= 0.6 is 0 Å². The Labute approximate surface area is 107 Å². The standard InChI is InChI=1S/C14H30N2O/c1-4-5-6-8-16(13(2)3)11-14(10-15)7-9-17-12-14/h13H,4-12,15H2,1-3H3. The Morgan fingerprint density at radius 1 is 1.35 bits per heavy atom. The lowest BCUT2D eigenvalue weighted by molar-refractivity contribution is 0.0975. The maximum Gasteiger partial charge on any atom is 0.0547 e. The summed E-state index contributed by atoms with van der Waals surface area (Å²) < 4.78 is 5.55. The Kier molecular flexibility index (Phi) is 6.45. The fourth-order valence-electron chi connectivity index (χ4n) is 2.52. The fourth-order valence-corrected chi connectivity index (χ4v) is 2.52. The van der Waals surface area contributed by atoms with Crippen molar-refractivity contribution >= 4 is 0 Å². The highest BCUT2D eigenvalue weighted by Crippen LogP contribution is 2.29. The van der Waals surface area contributed by atoms with Gasteiger partial charge in [0.05, 0.1) is 6.61 Å². The van der Waals surface area contributed by atoms with E-state index < -0.39 is 0 Å². The lowest BCUT2D eigenvalue weighted by atomic mass is 9.86. The molecule has 0 aromatic heterocycles. The lowest BCUT2D eigenvalue weighted by Gasteiger charge is -2.35. The summed E-state index contributed by atoms with van der Waals surface area (Å²) in [5, 5.41) is 0. The molecule has 3 nitrogen and oxygen atoms in total. The summed E-state index contributed by atoms with van der Waals surface area (Å²) in [6.45, 7) is 11.6. The van der Waals surface area contributed by atoms with E-state index in [1.54, 1.807) is 0 Å². The van der Waals surface area contributed by atoms with Gasteiger partial charge in [-0.25, -0.2) is 0 Å². The molecule has 1 saturated heterocycles. The van der Waals surface area contributed by atoms with Crippen molar-refractivity contribution in [1.82, 2.24) is 4.90 Å². The number of hydrogen-bond acceptors (Lipinski definition) is 3. The third kappa shape index (κ3) is 4.57. The quantitative estimate of drug-likeness (QED) is 0.664. The molecule has 0 bridgehead atoms. The largest absolute Gasteiger partial charge is 0.381 e. The van der Waals surface area contributed by atoms with E-state index in [4.69, 9.17) is 10.5 Å². The molecule has 0 saturated carbocycles. The Balaban J connectivity index is 2.46. The number of nitrogens with two attached hydrogens (primary N) is 1. The maximum atomic E-state index is 5.97. The minimum atomic E-state index is 0.219. The van der Waals surface area contributed by atoms with Crippen molar-refractivity contribution in [1.29, 1.82) is 0 Å². The first-order chi connectivity index (χ1) is 8.13. The van der Waals surface area contributed by atoms with Gasteiger partial charge in [0.25, 0.3) is 0 Å². The Hall–Kier alpha value is -0.120. The average molecular weight is 242 g/mol. The van der Waals surface area contributed by atoms with E-state index in [1.807, 2.05) is 0 Å². The van der Waals surface area contributed by atoms with Crippen LogP contribution in [-0.2, 0) is 4.74 Å². The van der Waals surface area contributed by atoms with Crippen molar-refractivity contribution in [2.24, 2.45) is 11.1 Å². The van der Waals surface area contributed by atoms with Gasteiger partial charge >= 0.3 is 0 Å². The molecule has 0 radical (unpaired) electrons. The predicted molar refractivity (Wildman–Crippen MR) is 73.2 cm³/mol. The van der Waals surface area contributed by atoms with Crippen LogP contribution < -0.4 is 5.73 Å². The molecule has 3 heteroatoms. The predicted octanol–water partition coefficient (Wildman–Crippen LogP) is 2.25. The van der Waals surface area contributed by atoms with Gasteiger partial charge in [-0.15, -0.1) is 0 Å². The molecule has 17 heavy (non-hydrogen) atoms. The Morgan fingerprint density at radius 3 is 2.59 bits per heavy atom. The van der Waals surface area contributed by atoms with E-state index in [-0.39, 0.29) is 5.41 Å². The zero-order valence-corrected chi connectivity index (χ0v) is 11.9. The molecule has 0 spiro atoms. The van der Waals surface area contributed by atoms with Crippen LogP contribution in [0.4, 0.5) is 0 Å². The van der Waals surface area contributed by atoms with Crippen LogP contribution in [0.25, 0.3) is 0 Å². The van der Waals surface area contributed by atoms with Gasteiger partial charge in [0.1, 0.15) is 0 Å². The zero-order chi connectivity index (χ0) is 12.7. The van der Waals surface area contributed by atoms with E-state index in [2.05, 4.69) is 25.7 Å². The first-order valence-corrected chi connectivity index (χ1v) is 7.15. The van der Waals surface area contributed by atoms with E-state index in [9.17, 15) is 0 Å². The monoisotopic (exact) mass is 242 g/mol. The summed E-state index contributed by atoms with van der Waals surface area (Å²) in [4.78, 5) is 2.58. The average Bonchev–Trinajstić information content (AvgIpc) is 2.77. The van der Waals surface area contributed by atoms with Crippen molar-refractivity contribution in [2.45, 2.75) is 52.5 Å². The van der Waals surface area contributed by atoms with E-state index in [0.29, 0.717) is 6.04 Å². The zero-order valence-electron chi connectivity index (χ0n) is 11.9. The minimum Gasteiger partial charge on any atom is -0.381 e. The van der Waals surface area contributed by atoms with Crippen LogP contribution in [0.3, 0.4) is 0 Å². The third-order valence-electron chi connectivity index (χ3n) is 3.94. The number of unbranched alkanes of at least 4 members (excludes halogenated alkanes) is 2. The molecule has 1 fully saturated rings. The van der Waals surface area contributed by atoms with Gasteiger partial charge in [0.15, 0.2) is 0 Å². The van der Waals surface area contributed by atoms with E-state index in [0.717, 1.165) is 32.7 Å². The smallest absolute Gasteiger partial charge is 0.0547 e. The van der Waals surface area contributed by atoms with Gasteiger partial charge in [0.2, 0.25) is 0 Å². The summed E-state index contributed by atoms with van der Waals surface area (Å²) in [6, 6.07) is 0.607. The van der Waals surface area contributed by atoms with Gasteiger partial charge in [0, 0.05) is 31.2 Å². The minimum absolute atomic E-state index is 0.219. The highest BCUT2D eigenvalue weighted by atomic mass is 16.5. The van der Waals surface area contributed by atoms with Crippen molar-refractivity contribution in [3.05, 3.63) is 0 Å². The molecule has 0 aliphatic carbocycles. The molecule has 1 aliphatic rings. The van der Waals surface area contributed by atoms with Crippen molar-refractivity contribution in [3.63, 3.8) is 0 Å². The van der Waals surface area contributed by atoms with Gasteiger partial charge in [-0.3, -0.25) is 0 Å². The van der Waals surface area contributed by atoms with Gasteiger partial charge in [-0.1, -0.05) is 19.8 Å². The van der Waals surface area contributed by atoms with Gasteiger partial charge in [-0.2, -0.15) is 0 Å². The second-order valence-electron chi connectivity index (χ2n) is 5.78.